The van der Waals surface area contributed by atoms with Gasteiger partial charge in [-0.1, -0.05) is 0 Å². The molecule has 44 valence electrons. The SMILES string of the molecule is [CH3][Sn]([CH3])([CH3])[CH](Cl)Cl. The van der Waals surface area contributed by atoms with Crippen LogP contribution >= 0.6 is 23.2 Å². The summed E-state index contributed by atoms with van der Waals surface area (Å²) in [6.07, 6.45) is 0. The molecule has 0 saturated heterocycles. The van der Waals surface area contributed by atoms with Gasteiger partial charge >= 0.3 is 59.2 Å². The first kappa shape index (κ1) is 8.38. The molecule has 0 bridgehead atoms. The molecule has 0 heterocycles. The molecule has 0 saturated carbocycles. The number of rotatable bonds is 1. The third-order valence-electron chi connectivity index (χ3n) is 0.655. The fraction of sp³-hybridized carbons (Fsp3) is 1.00. The quantitative estimate of drug-likeness (QED) is 0.494. The van der Waals surface area contributed by atoms with Crippen LogP contribution in [0.1, 0.15) is 0 Å². The summed E-state index contributed by atoms with van der Waals surface area (Å²) >= 11 is 9.39. The van der Waals surface area contributed by atoms with Gasteiger partial charge in [-0.3, -0.25) is 0 Å². The van der Waals surface area contributed by atoms with Gasteiger partial charge in [-0.2, -0.15) is 0 Å². The number of halogens is 2. The van der Waals surface area contributed by atoms with Crippen LogP contribution < -0.4 is 0 Å². The van der Waals surface area contributed by atoms with Crippen molar-refractivity contribution in [3.05, 3.63) is 0 Å². The topological polar surface area (TPSA) is 0 Å². The second kappa shape index (κ2) is 2.79. The van der Waals surface area contributed by atoms with E-state index in [4.69, 9.17) is 23.2 Å². The van der Waals surface area contributed by atoms with Crippen molar-refractivity contribution in [2.24, 2.45) is 0 Å². The van der Waals surface area contributed by atoms with Crippen LogP contribution in [0.2, 0.25) is 14.8 Å². The average molecular weight is 248 g/mol. The van der Waals surface area contributed by atoms with Crippen LogP contribution in [-0.4, -0.2) is 21.2 Å². The van der Waals surface area contributed by atoms with Crippen LogP contribution in [0.5, 0.6) is 0 Å². The Morgan fingerprint density at radius 2 is 1.29 bits per heavy atom. The normalized spacial score (nSPS) is 12.9. The third-order valence-corrected chi connectivity index (χ3v) is 13.2. The first-order valence-electron chi connectivity index (χ1n) is 2.23. The van der Waals surface area contributed by atoms with Crippen molar-refractivity contribution in [2.75, 3.05) is 0 Å². The Morgan fingerprint density at radius 1 is 1.14 bits per heavy atom. The van der Waals surface area contributed by atoms with E-state index in [1.807, 2.05) is 0 Å². The van der Waals surface area contributed by atoms with Crippen molar-refractivity contribution in [1.29, 1.82) is 0 Å². The molecule has 0 amide bonds. The van der Waals surface area contributed by atoms with E-state index in [0.717, 1.165) is 0 Å². The monoisotopic (exact) mass is 248 g/mol. The van der Waals surface area contributed by atoms with Crippen molar-refractivity contribution in [3.63, 3.8) is 0 Å². The zero-order valence-corrected chi connectivity index (χ0v) is 9.20. The second-order valence-corrected chi connectivity index (χ2v) is 21.0. The molecule has 0 fully saturated rings. The molecule has 0 atom stereocenters. The Balaban J connectivity index is 3.54. The standard InChI is InChI=1S/CHCl2.3CH3.Sn/c2-1-3;;;;/h1H;3*1H3;. The van der Waals surface area contributed by atoms with E-state index >= 15 is 0 Å². The third kappa shape index (κ3) is 3.92. The minimum absolute atomic E-state index is 0.0469. The number of alkyl halides is 2. The van der Waals surface area contributed by atoms with E-state index in [0.29, 0.717) is 0 Å². The van der Waals surface area contributed by atoms with Gasteiger partial charge in [0.1, 0.15) is 0 Å². The van der Waals surface area contributed by atoms with Gasteiger partial charge in [0.05, 0.1) is 0 Å². The zero-order valence-electron chi connectivity index (χ0n) is 4.83. The summed E-state index contributed by atoms with van der Waals surface area (Å²) < 4.78 is -0.0469. The molecule has 0 rings (SSSR count). The molecule has 0 aromatic rings. The Kier molecular flexibility index (Phi) is 3.34. The maximum absolute atomic E-state index is 5.61. The molecule has 0 nitrogen and oxygen atoms in total. The Morgan fingerprint density at radius 3 is 1.29 bits per heavy atom. The van der Waals surface area contributed by atoms with Crippen LogP contribution in [0.3, 0.4) is 0 Å². The molecule has 3 heteroatoms. The molecule has 0 radical (unpaired) electrons. The van der Waals surface area contributed by atoms with Crippen molar-refractivity contribution in [3.8, 4) is 0 Å². The van der Waals surface area contributed by atoms with E-state index in [-0.39, 0.29) is 2.85 Å². The predicted octanol–water partition coefficient (Wildman–Crippen LogP) is 2.67. The summed E-state index contributed by atoms with van der Waals surface area (Å²) in [5.41, 5.74) is 0. The maximum atomic E-state index is 5.61. The van der Waals surface area contributed by atoms with E-state index in [1.54, 1.807) is 0 Å². The second-order valence-electron chi connectivity index (χ2n) is 2.67. The van der Waals surface area contributed by atoms with Gasteiger partial charge in [0.15, 0.2) is 0 Å². The summed E-state index contributed by atoms with van der Waals surface area (Å²) in [4.78, 5) is 6.62. The molecule has 0 spiro atoms. The van der Waals surface area contributed by atoms with Gasteiger partial charge in [-0.25, -0.2) is 0 Å². The van der Waals surface area contributed by atoms with Gasteiger partial charge < -0.3 is 0 Å². The zero-order chi connectivity index (χ0) is 6.08. The number of hydrogen-bond acceptors (Lipinski definition) is 0. The summed E-state index contributed by atoms with van der Waals surface area (Å²) in [7, 11) is 0. The van der Waals surface area contributed by atoms with E-state index in [9.17, 15) is 0 Å². The summed E-state index contributed by atoms with van der Waals surface area (Å²) in [5, 5.41) is 0. The molecule has 0 aromatic heterocycles. The minimum atomic E-state index is -1.84. The predicted molar refractivity (Wildman–Crippen MR) is 38.8 cm³/mol. The van der Waals surface area contributed by atoms with Crippen LogP contribution in [0.25, 0.3) is 0 Å². The molecular formula is C4H10Cl2Sn. The van der Waals surface area contributed by atoms with Gasteiger partial charge in [-0.15, -0.1) is 0 Å². The molecule has 0 aliphatic rings. The van der Waals surface area contributed by atoms with Crippen molar-refractivity contribution in [1.82, 2.24) is 0 Å². The Bertz CT molecular complexity index is 55.2. The van der Waals surface area contributed by atoms with Crippen molar-refractivity contribution >= 4 is 41.6 Å². The van der Waals surface area contributed by atoms with Gasteiger partial charge in [0.2, 0.25) is 0 Å². The molecule has 0 N–H and O–H groups in total. The Hall–Kier alpha value is 1.38. The molecule has 0 aromatic carbocycles. The van der Waals surface area contributed by atoms with Gasteiger partial charge in [0.25, 0.3) is 0 Å². The van der Waals surface area contributed by atoms with Crippen LogP contribution in [-0.2, 0) is 0 Å². The fourth-order valence-electron chi connectivity index (χ4n) is 0. The molecule has 7 heavy (non-hydrogen) atoms. The van der Waals surface area contributed by atoms with Gasteiger partial charge in [0, 0.05) is 0 Å². The van der Waals surface area contributed by atoms with Crippen LogP contribution in [0.15, 0.2) is 0 Å². The first-order valence-corrected chi connectivity index (χ1v) is 13.3. The van der Waals surface area contributed by atoms with E-state index in [2.05, 4.69) is 14.8 Å². The molecule has 0 unspecified atom stereocenters. The van der Waals surface area contributed by atoms with Crippen molar-refractivity contribution in [2.45, 2.75) is 17.7 Å². The van der Waals surface area contributed by atoms with E-state index < -0.39 is 18.4 Å². The average Bonchev–Trinajstić information content (AvgIpc) is 1.31. The summed E-state index contributed by atoms with van der Waals surface area (Å²) in [6.45, 7) is 0. The van der Waals surface area contributed by atoms with Crippen LogP contribution in [0.4, 0.5) is 0 Å². The number of hydrogen-bond donors (Lipinski definition) is 0. The van der Waals surface area contributed by atoms with Crippen LogP contribution in [0, 0.1) is 0 Å². The molecular weight excluding hydrogens is 238 g/mol. The molecule has 0 aliphatic carbocycles. The van der Waals surface area contributed by atoms with Gasteiger partial charge in [-0.05, 0) is 0 Å². The van der Waals surface area contributed by atoms with E-state index in [1.165, 1.54) is 0 Å². The summed E-state index contributed by atoms with van der Waals surface area (Å²) in [6, 6.07) is 0. The molecule has 0 aliphatic heterocycles. The Labute approximate surface area is 59.1 Å². The first-order chi connectivity index (χ1) is 2.94. The van der Waals surface area contributed by atoms with Crippen molar-refractivity contribution < 1.29 is 0 Å². The summed E-state index contributed by atoms with van der Waals surface area (Å²) in [5.74, 6) is 0. The fourth-order valence-corrected chi connectivity index (χ4v) is 0.